The second-order valence-electron chi connectivity index (χ2n) is 8.96. The minimum Gasteiger partial charge on any atom is -0.291 e. The van der Waals surface area contributed by atoms with Gasteiger partial charge in [0.25, 0.3) is 0 Å². The largest absolute Gasteiger partial charge is 0.291 e. The molecule has 156 valence electrons. The number of nitrogens with zero attached hydrogens (tertiary/aromatic N) is 2. The summed E-state index contributed by atoms with van der Waals surface area (Å²) in [5, 5.41) is 8.77. The molecule has 2 heterocycles. The van der Waals surface area contributed by atoms with Crippen LogP contribution in [0.2, 0.25) is 0 Å². The van der Waals surface area contributed by atoms with Crippen molar-refractivity contribution < 1.29 is 0 Å². The molecular formula is C31H22N2. The zero-order chi connectivity index (χ0) is 22.1. The zero-order valence-corrected chi connectivity index (χ0v) is 18.6. The molecule has 0 saturated heterocycles. The molecule has 0 bridgehead atoms. The van der Waals surface area contributed by atoms with Gasteiger partial charge in [-0.25, -0.2) is 4.98 Å². The number of fused-ring (bicyclic) bond motifs is 10. The highest BCUT2D eigenvalue weighted by molar-refractivity contribution is 6.23. The standard InChI is InChI=1S/C31H22N2/c1-19-8-7-9-20(2)29(19)28-18-32-31-27-13-6-5-12-23(27)26-17-16-24-22-11-4-3-10-21(22)14-15-25(24)30(26)33(28)31/h3-18H,1-2H3. The van der Waals surface area contributed by atoms with E-state index in [2.05, 4.69) is 115 Å². The highest BCUT2D eigenvalue weighted by Crippen LogP contribution is 2.39. The lowest BCUT2D eigenvalue weighted by atomic mass is 9.96. The minimum absolute atomic E-state index is 1.01. The average Bonchev–Trinajstić information content (AvgIpc) is 3.28. The van der Waals surface area contributed by atoms with E-state index in [1.54, 1.807) is 0 Å². The summed E-state index contributed by atoms with van der Waals surface area (Å²) < 4.78 is 2.39. The molecule has 0 aliphatic rings. The summed E-state index contributed by atoms with van der Waals surface area (Å²) in [4.78, 5) is 4.99. The first-order valence-electron chi connectivity index (χ1n) is 11.4. The minimum atomic E-state index is 1.01. The number of rotatable bonds is 1. The summed E-state index contributed by atoms with van der Waals surface area (Å²) in [6.07, 6.45) is 2.05. The van der Waals surface area contributed by atoms with E-state index >= 15 is 0 Å². The third-order valence-corrected chi connectivity index (χ3v) is 7.08. The summed E-state index contributed by atoms with van der Waals surface area (Å²) in [7, 11) is 0. The van der Waals surface area contributed by atoms with Crippen molar-refractivity contribution in [3.05, 3.63) is 108 Å². The van der Waals surface area contributed by atoms with Crippen molar-refractivity contribution >= 4 is 48.9 Å². The van der Waals surface area contributed by atoms with Crippen molar-refractivity contribution in [2.45, 2.75) is 13.8 Å². The Bertz CT molecular complexity index is 1870. The maximum Gasteiger partial charge on any atom is 0.145 e. The Morgan fingerprint density at radius 2 is 1.15 bits per heavy atom. The Kier molecular flexibility index (Phi) is 3.72. The van der Waals surface area contributed by atoms with E-state index in [-0.39, 0.29) is 0 Å². The van der Waals surface area contributed by atoms with Crippen molar-refractivity contribution in [2.75, 3.05) is 0 Å². The Morgan fingerprint density at radius 3 is 1.94 bits per heavy atom. The summed E-state index contributed by atoms with van der Waals surface area (Å²) in [5.74, 6) is 0. The fourth-order valence-electron chi connectivity index (χ4n) is 5.61. The molecule has 0 saturated carbocycles. The van der Waals surface area contributed by atoms with Crippen LogP contribution in [0.1, 0.15) is 11.1 Å². The topological polar surface area (TPSA) is 17.3 Å². The molecule has 2 heteroatoms. The summed E-state index contributed by atoms with van der Waals surface area (Å²) in [6.45, 7) is 4.38. The predicted molar refractivity (Wildman–Crippen MR) is 140 cm³/mol. The maximum atomic E-state index is 4.99. The number of hydrogen-bond acceptors (Lipinski definition) is 1. The summed E-state index contributed by atoms with van der Waals surface area (Å²) >= 11 is 0. The van der Waals surface area contributed by atoms with Gasteiger partial charge in [0, 0.05) is 21.7 Å². The second kappa shape index (κ2) is 6.66. The number of aromatic nitrogens is 2. The van der Waals surface area contributed by atoms with Crippen LogP contribution in [0, 0.1) is 13.8 Å². The molecule has 0 aliphatic carbocycles. The molecule has 0 aliphatic heterocycles. The SMILES string of the molecule is Cc1cccc(C)c1-c1cnc2c3ccccc3c3ccc4c5ccccc5ccc4c3n12. The Labute approximate surface area is 191 Å². The Morgan fingerprint density at radius 1 is 0.545 bits per heavy atom. The van der Waals surface area contributed by atoms with E-state index in [9.17, 15) is 0 Å². The lowest BCUT2D eigenvalue weighted by Gasteiger charge is -2.16. The summed E-state index contributed by atoms with van der Waals surface area (Å²) in [5.41, 5.74) is 7.18. The number of aryl methyl sites for hydroxylation is 2. The quantitative estimate of drug-likeness (QED) is 0.244. The lowest BCUT2D eigenvalue weighted by Crippen LogP contribution is -1.97. The van der Waals surface area contributed by atoms with E-state index in [4.69, 9.17) is 4.98 Å². The molecule has 0 amide bonds. The number of imidazole rings is 1. The van der Waals surface area contributed by atoms with E-state index in [1.165, 1.54) is 59.9 Å². The van der Waals surface area contributed by atoms with Gasteiger partial charge in [-0.15, -0.1) is 0 Å². The van der Waals surface area contributed by atoms with Crippen LogP contribution < -0.4 is 0 Å². The van der Waals surface area contributed by atoms with E-state index in [1.807, 2.05) is 0 Å². The highest BCUT2D eigenvalue weighted by atomic mass is 15.0. The van der Waals surface area contributed by atoms with Gasteiger partial charge >= 0.3 is 0 Å². The molecule has 7 aromatic rings. The van der Waals surface area contributed by atoms with Crippen LogP contribution in [0.15, 0.2) is 97.2 Å². The smallest absolute Gasteiger partial charge is 0.145 e. The molecular weight excluding hydrogens is 400 g/mol. The van der Waals surface area contributed by atoms with Gasteiger partial charge in [-0.3, -0.25) is 4.40 Å². The normalized spacial score (nSPS) is 11.9. The van der Waals surface area contributed by atoms with Crippen LogP contribution in [0.5, 0.6) is 0 Å². The predicted octanol–water partition coefficient (Wildman–Crippen LogP) is 8.23. The molecule has 0 atom stereocenters. The van der Waals surface area contributed by atoms with E-state index in [0.29, 0.717) is 0 Å². The molecule has 0 N–H and O–H groups in total. The van der Waals surface area contributed by atoms with Crippen molar-refractivity contribution in [2.24, 2.45) is 0 Å². The van der Waals surface area contributed by atoms with Crippen LogP contribution >= 0.6 is 0 Å². The molecule has 7 rings (SSSR count). The fourth-order valence-corrected chi connectivity index (χ4v) is 5.61. The molecule has 0 fully saturated rings. The van der Waals surface area contributed by atoms with Crippen LogP contribution in [0.25, 0.3) is 60.1 Å². The molecule has 5 aromatic carbocycles. The van der Waals surface area contributed by atoms with Crippen molar-refractivity contribution in [3.63, 3.8) is 0 Å². The average molecular weight is 423 g/mol. The zero-order valence-electron chi connectivity index (χ0n) is 18.6. The van der Waals surface area contributed by atoms with E-state index < -0.39 is 0 Å². The van der Waals surface area contributed by atoms with Crippen molar-refractivity contribution in [3.8, 4) is 11.3 Å². The van der Waals surface area contributed by atoms with E-state index in [0.717, 1.165) is 11.3 Å². The van der Waals surface area contributed by atoms with Gasteiger partial charge in [0.2, 0.25) is 0 Å². The molecule has 0 radical (unpaired) electrons. The lowest BCUT2D eigenvalue weighted by molar-refractivity contribution is 1.25. The fraction of sp³-hybridized carbons (Fsp3) is 0.0645. The first-order chi connectivity index (χ1) is 16.2. The molecule has 0 spiro atoms. The Balaban J connectivity index is 1.80. The van der Waals surface area contributed by atoms with Gasteiger partial charge in [-0.05, 0) is 46.5 Å². The van der Waals surface area contributed by atoms with Crippen LogP contribution in [-0.4, -0.2) is 9.38 Å². The van der Waals surface area contributed by atoms with Crippen LogP contribution in [0.4, 0.5) is 0 Å². The monoisotopic (exact) mass is 422 g/mol. The van der Waals surface area contributed by atoms with Gasteiger partial charge in [0.05, 0.1) is 17.4 Å². The molecule has 2 aromatic heterocycles. The number of pyridine rings is 1. The van der Waals surface area contributed by atoms with Crippen LogP contribution in [0.3, 0.4) is 0 Å². The highest BCUT2D eigenvalue weighted by Gasteiger charge is 2.18. The Hall–Kier alpha value is -4.17. The van der Waals surface area contributed by atoms with Crippen molar-refractivity contribution in [1.29, 1.82) is 0 Å². The molecule has 0 unspecified atom stereocenters. The molecule has 33 heavy (non-hydrogen) atoms. The van der Waals surface area contributed by atoms with Gasteiger partial charge in [-0.1, -0.05) is 91.0 Å². The van der Waals surface area contributed by atoms with Crippen LogP contribution in [-0.2, 0) is 0 Å². The van der Waals surface area contributed by atoms with Gasteiger partial charge < -0.3 is 0 Å². The first-order valence-corrected chi connectivity index (χ1v) is 11.4. The maximum absolute atomic E-state index is 4.99. The van der Waals surface area contributed by atoms with Gasteiger partial charge in [-0.2, -0.15) is 0 Å². The van der Waals surface area contributed by atoms with Crippen molar-refractivity contribution in [1.82, 2.24) is 9.38 Å². The number of benzene rings is 5. The summed E-state index contributed by atoms with van der Waals surface area (Å²) in [6, 6.07) is 32.9. The van der Waals surface area contributed by atoms with Gasteiger partial charge in [0.1, 0.15) is 5.65 Å². The second-order valence-corrected chi connectivity index (χ2v) is 8.96. The number of hydrogen-bond donors (Lipinski definition) is 0. The first kappa shape index (κ1) is 18.4. The molecule has 2 nitrogen and oxygen atoms in total. The van der Waals surface area contributed by atoms with Gasteiger partial charge in [0.15, 0.2) is 0 Å². The third kappa shape index (κ3) is 2.46. The third-order valence-electron chi connectivity index (χ3n) is 7.08.